The molecule has 2 heterocycles. The van der Waals surface area contributed by atoms with E-state index < -0.39 is 35.2 Å². The van der Waals surface area contributed by atoms with Gasteiger partial charge < -0.3 is 9.47 Å². The van der Waals surface area contributed by atoms with E-state index in [0.29, 0.717) is 42.3 Å². The van der Waals surface area contributed by atoms with Crippen molar-refractivity contribution in [2.45, 2.75) is 33.1 Å². The minimum Gasteiger partial charge on any atom is -0.478 e. The van der Waals surface area contributed by atoms with Crippen LogP contribution in [-0.4, -0.2) is 32.7 Å². The van der Waals surface area contributed by atoms with Gasteiger partial charge in [-0.1, -0.05) is 0 Å². The lowest BCUT2D eigenvalue weighted by Crippen LogP contribution is -2.40. The number of fused-ring (bicyclic) bond motifs is 1. The number of aryl methyl sites for hydroxylation is 2. The summed E-state index contributed by atoms with van der Waals surface area (Å²) in [6.45, 7) is 5.34. The maximum absolute atomic E-state index is 13.3. The van der Waals surface area contributed by atoms with Gasteiger partial charge in [0, 0.05) is 24.1 Å². The van der Waals surface area contributed by atoms with E-state index in [-0.39, 0.29) is 5.69 Å². The van der Waals surface area contributed by atoms with Gasteiger partial charge in [-0.25, -0.2) is 14.2 Å². The van der Waals surface area contributed by atoms with Crippen LogP contribution in [-0.2, 0) is 22.8 Å². The molecule has 4 rings (SSSR count). The molecule has 0 fully saturated rings. The fraction of sp³-hybridized carbons (Fsp3) is 0.280. The number of aromatic nitrogens is 3. The monoisotopic (exact) mass is 533 g/mol. The van der Waals surface area contributed by atoms with Gasteiger partial charge in [-0.05, 0) is 73.8 Å². The maximum atomic E-state index is 13.3. The predicted octanol–water partition coefficient (Wildman–Crippen LogP) is 4.39. The standard InChI is InChI=1S/C25H22F3N3O5S/c1-12-8-16(18(9-13(12)2)36-14(3)23(33)35-5)22-17-10-15(6-7-19(17)37-29-22)31-21(32)11-20(25(26,27)28)30(4)24(31)34/h6-11,14H,1-5H3. The molecule has 0 saturated heterocycles. The van der Waals surface area contributed by atoms with Crippen LogP contribution in [0.3, 0.4) is 0 Å². The highest BCUT2D eigenvalue weighted by atomic mass is 32.1. The number of carbonyl (C=O) groups is 1. The van der Waals surface area contributed by atoms with E-state index in [1.807, 2.05) is 19.9 Å². The van der Waals surface area contributed by atoms with Crippen LogP contribution in [0.1, 0.15) is 23.7 Å². The van der Waals surface area contributed by atoms with E-state index in [1.165, 1.54) is 19.2 Å². The van der Waals surface area contributed by atoms with Gasteiger partial charge in [-0.2, -0.15) is 17.5 Å². The Kier molecular flexibility index (Phi) is 6.72. The second-order valence-electron chi connectivity index (χ2n) is 8.47. The zero-order chi connectivity index (χ0) is 27.2. The molecule has 0 amide bonds. The molecule has 0 aliphatic carbocycles. The number of hydrogen-bond acceptors (Lipinski definition) is 7. The highest BCUT2D eigenvalue weighted by molar-refractivity contribution is 7.13. The van der Waals surface area contributed by atoms with Crippen molar-refractivity contribution in [2.24, 2.45) is 7.05 Å². The number of esters is 1. The summed E-state index contributed by atoms with van der Waals surface area (Å²) in [6, 6.07) is 8.63. The van der Waals surface area contributed by atoms with Crippen LogP contribution < -0.4 is 16.0 Å². The Morgan fingerprint density at radius 3 is 2.41 bits per heavy atom. The van der Waals surface area contributed by atoms with Crippen LogP contribution in [0, 0.1) is 13.8 Å². The third-order valence-electron chi connectivity index (χ3n) is 6.01. The minimum atomic E-state index is -4.86. The van der Waals surface area contributed by atoms with Crippen molar-refractivity contribution >= 4 is 27.6 Å². The first-order valence-corrected chi connectivity index (χ1v) is 11.8. The highest BCUT2D eigenvalue weighted by Crippen LogP contribution is 2.39. The van der Waals surface area contributed by atoms with E-state index >= 15 is 0 Å². The number of benzene rings is 2. The first-order chi connectivity index (χ1) is 17.3. The normalized spacial score (nSPS) is 12.5. The molecule has 8 nitrogen and oxygen atoms in total. The highest BCUT2D eigenvalue weighted by Gasteiger charge is 2.35. The molecular formula is C25H22F3N3O5S. The summed E-state index contributed by atoms with van der Waals surface area (Å²) in [7, 11) is 2.21. The molecule has 2 aromatic carbocycles. The second-order valence-corrected chi connectivity index (χ2v) is 9.28. The van der Waals surface area contributed by atoms with Gasteiger partial charge >= 0.3 is 17.8 Å². The van der Waals surface area contributed by atoms with Crippen molar-refractivity contribution in [3.8, 4) is 22.7 Å². The van der Waals surface area contributed by atoms with Crippen molar-refractivity contribution in [3.05, 3.63) is 74.1 Å². The number of methoxy groups -OCH3 is 1. The van der Waals surface area contributed by atoms with E-state index in [2.05, 4.69) is 4.37 Å². The Bertz CT molecular complexity index is 1650. The molecule has 0 radical (unpaired) electrons. The summed E-state index contributed by atoms with van der Waals surface area (Å²) in [5, 5.41) is 0.551. The van der Waals surface area contributed by atoms with Gasteiger partial charge in [0.25, 0.3) is 5.56 Å². The fourth-order valence-electron chi connectivity index (χ4n) is 3.87. The fourth-order valence-corrected chi connectivity index (χ4v) is 4.64. The van der Waals surface area contributed by atoms with Crippen molar-refractivity contribution in [2.75, 3.05) is 7.11 Å². The van der Waals surface area contributed by atoms with Crippen molar-refractivity contribution in [1.82, 2.24) is 13.5 Å². The van der Waals surface area contributed by atoms with Crippen LogP contribution in [0.25, 0.3) is 27.0 Å². The molecule has 0 saturated carbocycles. The average Bonchev–Trinajstić information content (AvgIpc) is 3.25. The first-order valence-electron chi connectivity index (χ1n) is 11.0. The van der Waals surface area contributed by atoms with Gasteiger partial charge in [0.1, 0.15) is 11.4 Å². The molecule has 0 spiro atoms. The summed E-state index contributed by atoms with van der Waals surface area (Å²) in [4.78, 5) is 37.4. The summed E-state index contributed by atoms with van der Waals surface area (Å²) in [6.07, 6.45) is -5.76. The van der Waals surface area contributed by atoms with Gasteiger partial charge in [-0.3, -0.25) is 9.36 Å². The summed E-state index contributed by atoms with van der Waals surface area (Å²) >= 11 is 1.16. The van der Waals surface area contributed by atoms with Gasteiger partial charge in [0.05, 0.1) is 23.2 Å². The Hall–Kier alpha value is -3.93. The molecule has 194 valence electrons. The molecule has 0 N–H and O–H groups in total. The Balaban J connectivity index is 1.91. The third kappa shape index (κ3) is 4.76. The first kappa shape index (κ1) is 26.1. The third-order valence-corrected chi connectivity index (χ3v) is 6.84. The number of nitrogens with zero attached hydrogens (tertiary/aromatic N) is 3. The molecular weight excluding hydrogens is 511 g/mol. The van der Waals surface area contributed by atoms with E-state index in [0.717, 1.165) is 29.7 Å². The molecule has 37 heavy (non-hydrogen) atoms. The van der Waals surface area contributed by atoms with Gasteiger partial charge in [0.2, 0.25) is 0 Å². The molecule has 4 aromatic rings. The summed E-state index contributed by atoms with van der Waals surface area (Å²) in [5.74, 6) is -0.187. The smallest absolute Gasteiger partial charge is 0.431 e. The number of alkyl halides is 3. The Labute approximate surface area is 212 Å². The maximum Gasteiger partial charge on any atom is 0.431 e. The lowest BCUT2D eigenvalue weighted by Gasteiger charge is -2.17. The van der Waals surface area contributed by atoms with E-state index in [4.69, 9.17) is 9.47 Å². The molecule has 1 atom stereocenters. The number of rotatable bonds is 5. The van der Waals surface area contributed by atoms with Crippen LogP contribution in [0.5, 0.6) is 5.75 Å². The SMILES string of the molecule is COC(=O)C(C)Oc1cc(C)c(C)cc1-c1nsc2ccc(-n3c(=O)cc(C(F)(F)F)n(C)c3=O)cc12. The Morgan fingerprint density at radius 1 is 1.08 bits per heavy atom. The Morgan fingerprint density at radius 2 is 1.76 bits per heavy atom. The van der Waals surface area contributed by atoms with Crippen LogP contribution in [0.4, 0.5) is 13.2 Å². The summed E-state index contributed by atoms with van der Waals surface area (Å²) < 4.78 is 56.7. The quantitative estimate of drug-likeness (QED) is 0.354. The van der Waals surface area contributed by atoms with Crippen LogP contribution in [0.15, 0.2) is 46.0 Å². The largest absolute Gasteiger partial charge is 0.478 e. The minimum absolute atomic E-state index is 0.0857. The van der Waals surface area contributed by atoms with E-state index in [9.17, 15) is 27.6 Å². The molecule has 12 heteroatoms. The number of halogens is 3. The van der Waals surface area contributed by atoms with Crippen LogP contribution in [0.2, 0.25) is 0 Å². The lowest BCUT2D eigenvalue weighted by atomic mass is 10.0. The average molecular weight is 534 g/mol. The van der Waals surface area contributed by atoms with Gasteiger partial charge in [0.15, 0.2) is 6.10 Å². The molecule has 0 aliphatic rings. The molecule has 1 unspecified atom stereocenters. The number of carbonyl (C=O) groups excluding carboxylic acids is 1. The zero-order valence-electron chi connectivity index (χ0n) is 20.5. The van der Waals surface area contributed by atoms with Crippen LogP contribution >= 0.6 is 11.5 Å². The van der Waals surface area contributed by atoms with E-state index in [1.54, 1.807) is 19.1 Å². The zero-order valence-corrected chi connectivity index (χ0v) is 21.3. The van der Waals surface area contributed by atoms with Crippen molar-refractivity contribution < 1.29 is 27.4 Å². The molecule has 2 aromatic heterocycles. The lowest BCUT2D eigenvalue weighted by molar-refractivity contribution is -0.148. The number of hydrogen-bond donors (Lipinski definition) is 0. The van der Waals surface area contributed by atoms with Crippen molar-refractivity contribution in [1.29, 1.82) is 0 Å². The molecule has 0 aliphatic heterocycles. The molecule has 0 bridgehead atoms. The predicted molar refractivity (Wildman–Crippen MR) is 132 cm³/mol. The number of ether oxygens (including phenoxy) is 2. The van der Waals surface area contributed by atoms with Crippen molar-refractivity contribution in [3.63, 3.8) is 0 Å². The van der Waals surface area contributed by atoms with Gasteiger partial charge in [-0.15, -0.1) is 0 Å². The summed E-state index contributed by atoms with van der Waals surface area (Å²) in [5.41, 5.74) is -0.623. The topological polar surface area (TPSA) is 92.4 Å². The second kappa shape index (κ2) is 9.51.